The first-order valence-electron chi connectivity index (χ1n) is 12.0. The van der Waals surface area contributed by atoms with Crippen LogP contribution < -0.4 is 11.7 Å². The van der Waals surface area contributed by atoms with Crippen LogP contribution in [0.2, 0.25) is 0 Å². The number of hydrazine groups is 2. The average molecular weight is 499 g/mol. The minimum absolute atomic E-state index is 0.0173. The van der Waals surface area contributed by atoms with Crippen LogP contribution in [0.5, 0.6) is 11.5 Å². The molecule has 6 N–H and O–H groups in total. The van der Waals surface area contributed by atoms with Gasteiger partial charge in [0, 0.05) is 12.8 Å². The molecule has 0 aromatic heterocycles. The monoisotopic (exact) mass is 498 g/mol. The van der Waals surface area contributed by atoms with Crippen LogP contribution in [-0.2, 0) is 9.59 Å². The van der Waals surface area contributed by atoms with E-state index in [2.05, 4.69) is 0 Å². The van der Waals surface area contributed by atoms with Gasteiger partial charge in [0.25, 0.3) is 11.8 Å². The second-order valence-corrected chi connectivity index (χ2v) is 8.50. The summed E-state index contributed by atoms with van der Waals surface area (Å²) in [5, 5.41) is 20.6. The van der Waals surface area contributed by atoms with Crippen LogP contribution in [0, 0.1) is 0 Å². The van der Waals surface area contributed by atoms with Gasteiger partial charge in [0.15, 0.2) is 0 Å². The number of phenolic OH excluding ortho intramolecular Hbond substituents is 2. The van der Waals surface area contributed by atoms with E-state index < -0.39 is 23.6 Å². The van der Waals surface area contributed by atoms with Crippen LogP contribution in [0.25, 0.3) is 0 Å². The van der Waals surface area contributed by atoms with E-state index in [9.17, 15) is 29.4 Å². The Kier molecular flexibility index (Phi) is 11.5. The Morgan fingerprint density at radius 3 is 1.19 bits per heavy atom. The number of amides is 4. The lowest BCUT2D eigenvalue weighted by Gasteiger charge is -2.15. The number of hydrogen-bond acceptors (Lipinski definition) is 8. The predicted molar refractivity (Wildman–Crippen MR) is 133 cm³/mol. The van der Waals surface area contributed by atoms with Gasteiger partial charge in [-0.05, 0) is 37.1 Å². The molecule has 0 aliphatic carbocycles. The Balaban J connectivity index is 1.53. The fraction of sp³-hybridized carbons (Fsp3) is 0.385. The van der Waals surface area contributed by atoms with Crippen molar-refractivity contribution in [3.8, 4) is 11.5 Å². The van der Waals surface area contributed by atoms with Crippen molar-refractivity contribution >= 4 is 23.6 Å². The van der Waals surface area contributed by atoms with Crippen molar-refractivity contribution in [2.24, 2.45) is 11.7 Å². The fourth-order valence-corrected chi connectivity index (χ4v) is 3.65. The van der Waals surface area contributed by atoms with Crippen LogP contribution >= 0.6 is 0 Å². The van der Waals surface area contributed by atoms with Gasteiger partial charge in [0.05, 0.1) is 11.1 Å². The maximum Gasteiger partial charge on any atom is 0.278 e. The number of benzene rings is 2. The third-order valence-electron chi connectivity index (χ3n) is 5.78. The molecule has 0 radical (unpaired) electrons. The van der Waals surface area contributed by atoms with Crippen molar-refractivity contribution in [3.63, 3.8) is 0 Å². The first-order valence-corrected chi connectivity index (χ1v) is 12.0. The number of carbonyl (C=O) groups excluding carboxylic acids is 4. The number of aromatic hydroxyl groups is 2. The number of phenols is 2. The van der Waals surface area contributed by atoms with Crippen LogP contribution in [0.1, 0.15) is 84.9 Å². The number of unbranched alkanes of at least 4 members (excludes halogenated alkanes) is 7. The lowest BCUT2D eigenvalue weighted by Crippen LogP contribution is -2.42. The summed E-state index contributed by atoms with van der Waals surface area (Å²) in [6, 6.07) is 11.8. The van der Waals surface area contributed by atoms with Gasteiger partial charge < -0.3 is 10.2 Å². The second kappa shape index (κ2) is 14.6. The molecule has 0 saturated carbocycles. The smallest absolute Gasteiger partial charge is 0.278 e. The fourth-order valence-electron chi connectivity index (χ4n) is 3.65. The molecule has 36 heavy (non-hydrogen) atoms. The van der Waals surface area contributed by atoms with Gasteiger partial charge in [0.2, 0.25) is 11.8 Å². The lowest BCUT2D eigenvalue weighted by atomic mass is 10.1. The summed E-state index contributed by atoms with van der Waals surface area (Å²) in [6.45, 7) is 0. The Hall–Kier alpha value is -3.76. The molecular weight excluding hydrogens is 464 g/mol. The number of imide groups is 2. The molecule has 10 heteroatoms. The molecule has 0 fully saturated rings. The van der Waals surface area contributed by atoms with E-state index in [0.29, 0.717) is 22.9 Å². The van der Waals surface area contributed by atoms with E-state index in [1.807, 2.05) is 0 Å². The van der Waals surface area contributed by atoms with Gasteiger partial charge in [-0.25, -0.2) is 21.7 Å². The third kappa shape index (κ3) is 8.47. The summed E-state index contributed by atoms with van der Waals surface area (Å²) in [7, 11) is 0. The van der Waals surface area contributed by atoms with Crippen LogP contribution in [0.3, 0.4) is 0 Å². The molecule has 2 aromatic rings. The Bertz CT molecular complexity index is 975. The molecule has 194 valence electrons. The molecule has 0 heterocycles. The minimum atomic E-state index is -0.739. The summed E-state index contributed by atoms with van der Waals surface area (Å²) in [5.41, 5.74) is -0.0346. The zero-order chi connectivity index (χ0) is 26.5. The molecule has 0 atom stereocenters. The first-order chi connectivity index (χ1) is 17.2. The van der Waals surface area contributed by atoms with Gasteiger partial charge in [-0.2, -0.15) is 0 Å². The van der Waals surface area contributed by atoms with Crippen molar-refractivity contribution < 1.29 is 29.4 Å². The van der Waals surface area contributed by atoms with Crippen molar-refractivity contribution in [1.82, 2.24) is 10.0 Å². The van der Waals surface area contributed by atoms with Crippen LogP contribution in [0.15, 0.2) is 48.5 Å². The van der Waals surface area contributed by atoms with Crippen molar-refractivity contribution in [3.05, 3.63) is 59.7 Å². The van der Waals surface area contributed by atoms with Crippen molar-refractivity contribution in [1.29, 1.82) is 0 Å². The van der Waals surface area contributed by atoms with E-state index >= 15 is 0 Å². The number of para-hydroxylation sites is 2. The van der Waals surface area contributed by atoms with E-state index in [4.69, 9.17) is 11.7 Å². The maximum absolute atomic E-state index is 12.2. The quantitative estimate of drug-likeness (QED) is 0.141. The molecule has 2 rings (SSSR count). The zero-order valence-electron chi connectivity index (χ0n) is 20.3. The third-order valence-corrected chi connectivity index (χ3v) is 5.78. The van der Waals surface area contributed by atoms with Crippen molar-refractivity contribution in [2.45, 2.75) is 64.2 Å². The number of hydrogen-bond donors (Lipinski definition) is 4. The predicted octanol–water partition coefficient (Wildman–Crippen LogP) is 3.38. The lowest BCUT2D eigenvalue weighted by molar-refractivity contribution is -0.129. The SMILES string of the molecule is NN(C(=O)CCCCCCCCCCC(=O)N(N)C(=O)c1ccccc1O)C(=O)c1ccccc1O. The standard InChI is InChI=1S/C26H34N4O6/c27-29(25(35)19-13-9-11-15-21(19)31)23(33)17-7-5-3-1-2-4-6-8-18-24(34)30(28)26(36)20-14-10-12-16-22(20)32/h9-16,31-32H,1-8,17-18,27-28H2. The maximum atomic E-state index is 12.2. The van der Waals surface area contributed by atoms with E-state index in [-0.39, 0.29) is 35.5 Å². The summed E-state index contributed by atoms with van der Waals surface area (Å²) in [4.78, 5) is 48.7. The highest BCUT2D eigenvalue weighted by Crippen LogP contribution is 2.19. The Morgan fingerprint density at radius 1 is 0.556 bits per heavy atom. The summed E-state index contributed by atoms with van der Waals surface area (Å²) in [5.74, 6) is 8.32. The summed E-state index contributed by atoms with van der Waals surface area (Å²) in [6.07, 6.45) is 6.93. The van der Waals surface area contributed by atoms with Crippen LogP contribution in [-0.4, -0.2) is 43.9 Å². The van der Waals surface area contributed by atoms with Gasteiger partial charge >= 0.3 is 0 Å². The molecule has 0 bridgehead atoms. The topological polar surface area (TPSA) is 167 Å². The van der Waals surface area contributed by atoms with Crippen LogP contribution in [0.4, 0.5) is 0 Å². The molecule has 4 amide bonds. The normalized spacial score (nSPS) is 10.6. The van der Waals surface area contributed by atoms with Gasteiger partial charge in [-0.15, -0.1) is 0 Å². The molecule has 0 unspecified atom stereocenters. The number of nitrogens with two attached hydrogens (primary N) is 2. The van der Waals surface area contributed by atoms with Gasteiger partial charge in [0.1, 0.15) is 11.5 Å². The zero-order valence-corrected chi connectivity index (χ0v) is 20.3. The number of nitrogens with zero attached hydrogens (tertiary/aromatic N) is 2. The van der Waals surface area contributed by atoms with E-state index in [1.165, 1.54) is 24.3 Å². The second-order valence-electron chi connectivity index (χ2n) is 8.50. The minimum Gasteiger partial charge on any atom is -0.507 e. The Morgan fingerprint density at radius 2 is 0.861 bits per heavy atom. The van der Waals surface area contributed by atoms with Crippen molar-refractivity contribution in [2.75, 3.05) is 0 Å². The largest absolute Gasteiger partial charge is 0.507 e. The van der Waals surface area contributed by atoms with Gasteiger partial charge in [-0.3, -0.25) is 19.2 Å². The molecule has 2 aromatic carbocycles. The molecule has 0 aliphatic rings. The molecule has 0 spiro atoms. The molecule has 0 saturated heterocycles. The van der Waals surface area contributed by atoms with E-state index in [0.717, 1.165) is 38.5 Å². The summed E-state index contributed by atoms with van der Waals surface area (Å²) >= 11 is 0. The summed E-state index contributed by atoms with van der Waals surface area (Å²) < 4.78 is 0. The highest BCUT2D eigenvalue weighted by atomic mass is 16.3. The number of rotatable bonds is 13. The van der Waals surface area contributed by atoms with E-state index in [1.54, 1.807) is 24.3 Å². The molecular formula is C26H34N4O6. The molecule has 10 nitrogen and oxygen atoms in total. The highest BCUT2D eigenvalue weighted by molar-refractivity contribution is 6.06. The molecule has 0 aliphatic heterocycles. The number of carbonyl (C=O) groups is 4. The first kappa shape index (κ1) is 28.5. The van der Waals surface area contributed by atoms with Gasteiger partial charge in [-0.1, -0.05) is 62.8 Å². The Labute approximate surface area is 210 Å². The average Bonchev–Trinajstić information content (AvgIpc) is 2.88. The highest BCUT2D eigenvalue weighted by Gasteiger charge is 2.22.